The maximum Gasteiger partial charge on any atom is 0.272 e. The molecule has 0 atom stereocenters. The number of hydrogen-bond acceptors (Lipinski definition) is 5. The fraction of sp³-hybridized carbons (Fsp3) is 0. The minimum absolute atomic E-state index is 0.490. The predicted octanol–water partition coefficient (Wildman–Crippen LogP) is 0.581. The van der Waals surface area contributed by atoms with Gasteiger partial charge in [0.05, 0.1) is 11.9 Å². The van der Waals surface area contributed by atoms with Crippen LogP contribution in [0.2, 0.25) is 0 Å². The van der Waals surface area contributed by atoms with E-state index in [1.54, 1.807) is 18.6 Å². The molecule has 3 aromatic heterocycles. The molecule has 6 nitrogen and oxygen atoms in total. The number of hydrogen-bond donors (Lipinski definition) is 0. The molecule has 0 saturated heterocycles. The molecule has 0 amide bonds. The van der Waals surface area contributed by atoms with Gasteiger partial charge in [0.2, 0.25) is 0 Å². The Morgan fingerprint density at radius 3 is 2.87 bits per heavy atom. The lowest BCUT2D eigenvalue weighted by Gasteiger charge is -1.98. The van der Waals surface area contributed by atoms with Crippen molar-refractivity contribution in [3.8, 4) is 11.3 Å². The number of fused-ring (bicyclic) bond motifs is 1. The van der Waals surface area contributed by atoms with Crippen LogP contribution in [0.1, 0.15) is 0 Å². The molecule has 0 N–H and O–H groups in total. The molecule has 6 heteroatoms. The number of aromatic nitrogens is 6. The van der Waals surface area contributed by atoms with Crippen molar-refractivity contribution in [2.45, 2.75) is 0 Å². The molecule has 0 radical (unpaired) electrons. The molecular formula is C9H6N6. The normalized spacial score (nSPS) is 10.7. The highest BCUT2D eigenvalue weighted by molar-refractivity contribution is 5.58. The fourth-order valence-corrected chi connectivity index (χ4v) is 1.29. The highest BCUT2D eigenvalue weighted by Gasteiger charge is 2.02. The van der Waals surface area contributed by atoms with Crippen LogP contribution >= 0.6 is 0 Å². The average molecular weight is 198 g/mol. The predicted molar refractivity (Wildman–Crippen MR) is 51.8 cm³/mol. The summed E-state index contributed by atoms with van der Waals surface area (Å²) in [5.41, 5.74) is 1.72. The second-order valence-corrected chi connectivity index (χ2v) is 2.95. The molecule has 0 saturated carbocycles. The van der Waals surface area contributed by atoms with Crippen molar-refractivity contribution in [1.82, 2.24) is 29.8 Å². The Morgan fingerprint density at radius 1 is 1.13 bits per heavy atom. The first kappa shape index (κ1) is 7.98. The van der Waals surface area contributed by atoms with Gasteiger partial charge in [-0.25, -0.2) is 4.98 Å². The molecule has 0 aliphatic heterocycles. The first-order chi connectivity index (χ1) is 7.43. The lowest BCUT2D eigenvalue weighted by atomic mass is 10.2. The van der Waals surface area contributed by atoms with Gasteiger partial charge in [0.25, 0.3) is 5.78 Å². The summed E-state index contributed by atoms with van der Waals surface area (Å²) in [7, 11) is 0. The van der Waals surface area contributed by atoms with E-state index in [-0.39, 0.29) is 0 Å². The van der Waals surface area contributed by atoms with Gasteiger partial charge in [-0.3, -0.25) is 4.98 Å². The van der Waals surface area contributed by atoms with Gasteiger partial charge in [0.15, 0.2) is 0 Å². The van der Waals surface area contributed by atoms with Crippen molar-refractivity contribution in [3.05, 3.63) is 37.1 Å². The Hall–Kier alpha value is -2.37. The minimum Gasteiger partial charge on any atom is -0.265 e. The van der Waals surface area contributed by atoms with Crippen molar-refractivity contribution in [2.24, 2.45) is 0 Å². The Bertz CT molecular complexity index is 588. The van der Waals surface area contributed by atoms with E-state index in [1.165, 1.54) is 10.8 Å². The van der Waals surface area contributed by atoms with Crippen LogP contribution in [0, 0.1) is 0 Å². The highest BCUT2D eigenvalue weighted by atomic mass is 15.4. The first-order valence-corrected chi connectivity index (χ1v) is 4.37. The summed E-state index contributed by atoms with van der Waals surface area (Å²) in [6.07, 6.45) is 6.61. The maximum absolute atomic E-state index is 4.30. The average Bonchev–Trinajstić information content (AvgIpc) is 2.77. The number of pyridine rings is 1. The van der Waals surface area contributed by atoms with Crippen molar-refractivity contribution >= 4 is 5.78 Å². The molecule has 3 heterocycles. The highest BCUT2D eigenvalue weighted by Crippen LogP contribution is 2.13. The molecule has 0 aromatic carbocycles. The first-order valence-electron chi connectivity index (χ1n) is 4.37. The van der Waals surface area contributed by atoms with Crippen LogP contribution in [0.15, 0.2) is 37.1 Å². The molecule has 0 unspecified atom stereocenters. The van der Waals surface area contributed by atoms with Crippen LogP contribution in [-0.2, 0) is 0 Å². The van der Waals surface area contributed by atoms with Crippen molar-refractivity contribution in [3.63, 3.8) is 0 Å². The molecule has 3 aromatic rings. The van der Waals surface area contributed by atoms with E-state index in [9.17, 15) is 0 Å². The molecule has 3 rings (SSSR count). The Balaban J connectivity index is 2.19. The minimum atomic E-state index is 0.490. The number of rotatable bonds is 1. The van der Waals surface area contributed by atoms with Gasteiger partial charge in [0, 0.05) is 18.0 Å². The SMILES string of the molecule is c1cc(-c2cnn3cnnc3n2)ccn1. The van der Waals surface area contributed by atoms with Crippen LogP contribution in [0.5, 0.6) is 0 Å². The van der Waals surface area contributed by atoms with Crippen LogP contribution < -0.4 is 0 Å². The van der Waals surface area contributed by atoms with Crippen LogP contribution in [-0.4, -0.2) is 29.8 Å². The van der Waals surface area contributed by atoms with Gasteiger partial charge >= 0.3 is 0 Å². The summed E-state index contributed by atoms with van der Waals surface area (Å²) in [6, 6.07) is 3.74. The summed E-state index contributed by atoms with van der Waals surface area (Å²) < 4.78 is 1.52. The van der Waals surface area contributed by atoms with Gasteiger partial charge in [0.1, 0.15) is 6.33 Å². The van der Waals surface area contributed by atoms with Gasteiger partial charge < -0.3 is 0 Å². The summed E-state index contributed by atoms with van der Waals surface area (Å²) in [4.78, 5) is 8.25. The third-order valence-electron chi connectivity index (χ3n) is 2.01. The molecule has 0 aliphatic carbocycles. The zero-order chi connectivity index (χ0) is 10.1. The van der Waals surface area contributed by atoms with Crippen LogP contribution in [0.4, 0.5) is 0 Å². The Labute approximate surface area is 84.6 Å². The fourth-order valence-electron chi connectivity index (χ4n) is 1.29. The van der Waals surface area contributed by atoms with E-state index in [1.807, 2.05) is 12.1 Å². The topological polar surface area (TPSA) is 68.9 Å². The van der Waals surface area contributed by atoms with Gasteiger partial charge in [-0.1, -0.05) is 0 Å². The standard InChI is InChI=1S/C9H6N6/c1-3-10-4-2-7(1)8-5-12-15-6-11-14-9(15)13-8/h1-6H. The van der Waals surface area contributed by atoms with E-state index in [0.29, 0.717) is 5.78 Å². The molecule has 15 heavy (non-hydrogen) atoms. The second kappa shape index (κ2) is 3.09. The van der Waals surface area contributed by atoms with E-state index in [0.717, 1.165) is 11.3 Å². The smallest absolute Gasteiger partial charge is 0.265 e. The third-order valence-corrected chi connectivity index (χ3v) is 2.01. The summed E-state index contributed by atoms with van der Waals surface area (Å²) in [6.45, 7) is 0. The second-order valence-electron chi connectivity index (χ2n) is 2.95. The molecule has 0 bridgehead atoms. The van der Waals surface area contributed by atoms with E-state index in [2.05, 4.69) is 25.3 Å². The van der Waals surface area contributed by atoms with Crippen molar-refractivity contribution < 1.29 is 0 Å². The number of nitrogens with zero attached hydrogens (tertiary/aromatic N) is 6. The van der Waals surface area contributed by atoms with Crippen molar-refractivity contribution in [2.75, 3.05) is 0 Å². The summed E-state index contributed by atoms with van der Waals surface area (Å²) >= 11 is 0. The van der Waals surface area contributed by atoms with Gasteiger partial charge in [-0.05, 0) is 12.1 Å². The maximum atomic E-state index is 4.30. The Kier molecular flexibility index (Phi) is 1.64. The molecular weight excluding hydrogens is 192 g/mol. The molecule has 72 valence electrons. The van der Waals surface area contributed by atoms with Gasteiger partial charge in [-0.2, -0.15) is 9.61 Å². The molecule has 0 fully saturated rings. The third kappa shape index (κ3) is 1.32. The largest absolute Gasteiger partial charge is 0.272 e. The zero-order valence-corrected chi connectivity index (χ0v) is 7.65. The van der Waals surface area contributed by atoms with Gasteiger partial charge in [-0.15, -0.1) is 10.2 Å². The summed E-state index contributed by atoms with van der Waals surface area (Å²) in [5.74, 6) is 0.490. The van der Waals surface area contributed by atoms with E-state index >= 15 is 0 Å². The van der Waals surface area contributed by atoms with Crippen molar-refractivity contribution in [1.29, 1.82) is 0 Å². The quantitative estimate of drug-likeness (QED) is 0.572. The summed E-state index contributed by atoms with van der Waals surface area (Å²) in [5, 5.41) is 11.7. The van der Waals surface area contributed by atoms with Crippen LogP contribution in [0.25, 0.3) is 17.0 Å². The van der Waals surface area contributed by atoms with Crippen LogP contribution in [0.3, 0.4) is 0 Å². The molecule has 0 aliphatic rings. The lowest BCUT2D eigenvalue weighted by Crippen LogP contribution is -1.95. The zero-order valence-electron chi connectivity index (χ0n) is 7.65. The monoisotopic (exact) mass is 198 g/mol. The van der Waals surface area contributed by atoms with E-state index < -0.39 is 0 Å². The molecule has 0 spiro atoms. The van der Waals surface area contributed by atoms with E-state index in [4.69, 9.17) is 0 Å². The lowest BCUT2D eigenvalue weighted by molar-refractivity contribution is 0.901. The Morgan fingerprint density at radius 2 is 2.00 bits per heavy atom.